The molecule has 0 spiro atoms. The normalized spacial score (nSPS) is 12.0. The molecule has 7 heteroatoms. The summed E-state index contributed by atoms with van der Waals surface area (Å²) < 4.78 is 10.9. The van der Waals surface area contributed by atoms with Crippen LogP contribution in [0.25, 0.3) is 0 Å². The molecule has 0 fully saturated rings. The van der Waals surface area contributed by atoms with Crippen LogP contribution in [0.5, 0.6) is 5.88 Å². The minimum atomic E-state index is 0. The molecule has 0 aliphatic rings. The minimum absolute atomic E-state index is 0. The fourth-order valence-electron chi connectivity index (χ4n) is 2.35. The number of hydrogen-bond acceptors (Lipinski definition) is 4. The molecule has 0 saturated carbocycles. The Hall–Kier alpha value is -1.87. The van der Waals surface area contributed by atoms with Gasteiger partial charge in [0.15, 0.2) is 5.96 Å². The second-order valence-corrected chi connectivity index (χ2v) is 6.08. The zero-order chi connectivity index (χ0) is 18.6. The molecule has 2 N–H and O–H groups in total. The van der Waals surface area contributed by atoms with E-state index in [1.807, 2.05) is 36.4 Å². The monoisotopic (exact) mass is 484 g/mol. The number of nitrogens with zero attached hydrogens (tertiary/aromatic N) is 2. The van der Waals surface area contributed by atoms with E-state index in [0.717, 1.165) is 18.2 Å². The molecule has 0 radical (unpaired) electrons. The third-order valence-electron chi connectivity index (χ3n) is 3.78. The number of ether oxygens (including phenoxy) is 2. The number of aromatic nitrogens is 1. The van der Waals surface area contributed by atoms with Crippen molar-refractivity contribution in [3.8, 4) is 5.88 Å². The Balaban J connectivity index is 0.00000364. The van der Waals surface area contributed by atoms with Gasteiger partial charge >= 0.3 is 0 Å². The standard InChI is InChI=1S/C20H28N4O2.HI/c1-16(14-26-15-17-8-5-4-6-9-17)12-22-20(21-2)23-13-18-10-7-11-19(24-18)25-3;/h4-11,16H,12-15H2,1-3H3,(H2,21,22,23);1H. The van der Waals surface area contributed by atoms with Gasteiger partial charge in [-0.1, -0.05) is 43.3 Å². The number of hydrogen-bond donors (Lipinski definition) is 2. The van der Waals surface area contributed by atoms with Gasteiger partial charge in [0.05, 0.1) is 32.6 Å². The number of nitrogens with one attached hydrogen (secondary N) is 2. The Morgan fingerprint density at radius 2 is 1.89 bits per heavy atom. The smallest absolute Gasteiger partial charge is 0.213 e. The molecule has 0 amide bonds. The average molecular weight is 484 g/mol. The molecule has 0 bridgehead atoms. The highest BCUT2D eigenvalue weighted by Crippen LogP contribution is 2.06. The lowest BCUT2D eigenvalue weighted by Crippen LogP contribution is -2.39. The van der Waals surface area contributed by atoms with E-state index in [1.165, 1.54) is 5.56 Å². The maximum atomic E-state index is 5.78. The van der Waals surface area contributed by atoms with Crippen molar-refractivity contribution in [3.05, 3.63) is 59.8 Å². The summed E-state index contributed by atoms with van der Waals surface area (Å²) in [5, 5.41) is 6.57. The summed E-state index contributed by atoms with van der Waals surface area (Å²) >= 11 is 0. The van der Waals surface area contributed by atoms with E-state index in [-0.39, 0.29) is 24.0 Å². The van der Waals surface area contributed by atoms with Crippen molar-refractivity contribution in [2.45, 2.75) is 20.1 Å². The van der Waals surface area contributed by atoms with Crippen molar-refractivity contribution >= 4 is 29.9 Å². The fraction of sp³-hybridized carbons (Fsp3) is 0.400. The number of aliphatic imine (C=N–C) groups is 1. The Kier molecular flexibility index (Phi) is 11.4. The van der Waals surface area contributed by atoms with Crippen molar-refractivity contribution in [1.29, 1.82) is 0 Å². The maximum absolute atomic E-state index is 5.78. The summed E-state index contributed by atoms with van der Waals surface area (Å²) in [7, 11) is 3.37. The predicted octanol–water partition coefficient (Wildman–Crippen LogP) is 3.23. The van der Waals surface area contributed by atoms with E-state index in [4.69, 9.17) is 9.47 Å². The van der Waals surface area contributed by atoms with Gasteiger partial charge in [0, 0.05) is 19.7 Å². The number of halogens is 1. The van der Waals surface area contributed by atoms with Gasteiger partial charge in [-0.25, -0.2) is 4.98 Å². The van der Waals surface area contributed by atoms with E-state index in [9.17, 15) is 0 Å². The van der Waals surface area contributed by atoms with Crippen molar-refractivity contribution in [1.82, 2.24) is 15.6 Å². The van der Waals surface area contributed by atoms with Crippen LogP contribution in [0.4, 0.5) is 0 Å². The Morgan fingerprint density at radius 1 is 1.11 bits per heavy atom. The summed E-state index contributed by atoms with van der Waals surface area (Å²) in [6.07, 6.45) is 0. The lowest BCUT2D eigenvalue weighted by Gasteiger charge is -2.16. The SMILES string of the molecule is CN=C(NCc1cccc(OC)n1)NCC(C)COCc1ccccc1.I. The third kappa shape index (κ3) is 9.05. The first-order valence-corrected chi connectivity index (χ1v) is 8.77. The molecule has 1 unspecified atom stereocenters. The number of methoxy groups -OCH3 is 1. The molecule has 0 aliphatic heterocycles. The Morgan fingerprint density at radius 3 is 2.59 bits per heavy atom. The minimum Gasteiger partial charge on any atom is -0.481 e. The molecule has 0 saturated heterocycles. The quantitative estimate of drug-likeness (QED) is 0.325. The summed E-state index contributed by atoms with van der Waals surface area (Å²) in [6.45, 7) is 4.83. The maximum Gasteiger partial charge on any atom is 0.213 e. The van der Waals surface area contributed by atoms with E-state index in [1.54, 1.807) is 14.2 Å². The van der Waals surface area contributed by atoms with Crippen molar-refractivity contribution < 1.29 is 9.47 Å². The number of pyridine rings is 1. The first kappa shape index (κ1) is 23.2. The Labute approximate surface area is 178 Å². The fourth-order valence-corrected chi connectivity index (χ4v) is 2.35. The summed E-state index contributed by atoms with van der Waals surface area (Å²) in [6, 6.07) is 15.9. The van der Waals surface area contributed by atoms with Gasteiger partial charge in [-0.05, 0) is 17.5 Å². The highest BCUT2D eigenvalue weighted by molar-refractivity contribution is 14.0. The lowest BCUT2D eigenvalue weighted by molar-refractivity contribution is 0.0931. The molecule has 148 valence electrons. The van der Waals surface area contributed by atoms with Crippen LogP contribution < -0.4 is 15.4 Å². The summed E-state index contributed by atoms with van der Waals surface area (Å²) in [5.41, 5.74) is 2.09. The molecule has 2 rings (SSSR count). The topological polar surface area (TPSA) is 67.8 Å². The van der Waals surface area contributed by atoms with Crippen molar-refractivity contribution in [2.24, 2.45) is 10.9 Å². The van der Waals surface area contributed by atoms with Crippen LogP contribution in [0.1, 0.15) is 18.2 Å². The van der Waals surface area contributed by atoms with E-state index >= 15 is 0 Å². The van der Waals surface area contributed by atoms with Gasteiger partial charge in [0.25, 0.3) is 0 Å². The van der Waals surface area contributed by atoms with Crippen LogP contribution in [0, 0.1) is 5.92 Å². The molecule has 1 atom stereocenters. The highest BCUT2D eigenvalue weighted by Gasteiger charge is 2.05. The van der Waals surface area contributed by atoms with Crippen LogP contribution in [0.15, 0.2) is 53.5 Å². The van der Waals surface area contributed by atoms with Crippen molar-refractivity contribution in [2.75, 3.05) is 27.3 Å². The van der Waals surface area contributed by atoms with Gasteiger partial charge in [-0.3, -0.25) is 4.99 Å². The van der Waals surface area contributed by atoms with Crippen LogP contribution >= 0.6 is 24.0 Å². The number of rotatable bonds is 9. The van der Waals surface area contributed by atoms with E-state index in [2.05, 4.69) is 39.7 Å². The summed E-state index contributed by atoms with van der Waals surface area (Å²) in [4.78, 5) is 8.61. The molecular weight excluding hydrogens is 455 g/mol. The van der Waals surface area contributed by atoms with Gasteiger partial charge in [-0.15, -0.1) is 24.0 Å². The van der Waals surface area contributed by atoms with Gasteiger partial charge in [-0.2, -0.15) is 0 Å². The number of benzene rings is 1. The van der Waals surface area contributed by atoms with Gasteiger partial charge in [0.1, 0.15) is 0 Å². The Bertz CT molecular complexity index is 683. The molecule has 6 nitrogen and oxygen atoms in total. The van der Waals surface area contributed by atoms with Crippen LogP contribution in [-0.4, -0.2) is 38.3 Å². The zero-order valence-corrected chi connectivity index (χ0v) is 18.5. The van der Waals surface area contributed by atoms with Crippen LogP contribution in [-0.2, 0) is 17.9 Å². The molecular formula is C20H29IN4O2. The molecule has 1 aromatic heterocycles. The van der Waals surface area contributed by atoms with E-state index < -0.39 is 0 Å². The molecule has 1 heterocycles. The third-order valence-corrected chi connectivity index (χ3v) is 3.78. The van der Waals surface area contributed by atoms with E-state index in [0.29, 0.717) is 31.6 Å². The molecule has 1 aromatic carbocycles. The predicted molar refractivity (Wildman–Crippen MR) is 120 cm³/mol. The molecule has 2 aromatic rings. The number of guanidine groups is 1. The molecule has 27 heavy (non-hydrogen) atoms. The lowest BCUT2D eigenvalue weighted by atomic mass is 10.2. The second kappa shape index (κ2) is 13.3. The highest BCUT2D eigenvalue weighted by atomic mass is 127. The van der Waals surface area contributed by atoms with Crippen molar-refractivity contribution in [3.63, 3.8) is 0 Å². The van der Waals surface area contributed by atoms with Crippen LogP contribution in [0.3, 0.4) is 0 Å². The van der Waals surface area contributed by atoms with Gasteiger partial charge in [0.2, 0.25) is 5.88 Å². The van der Waals surface area contributed by atoms with Crippen LogP contribution in [0.2, 0.25) is 0 Å². The summed E-state index contributed by atoms with van der Waals surface area (Å²) in [5.74, 6) is 1.72. The largest absolute Gasteiger partial charge is 0.481 e. The zero-order valence-electron chi connectivity index (χ0n) is 16.1. The average Bonchev–Trinajstić information content (AvgIpc) is 2.69. The first-order valence-electron chi connectivity index (χ1n) is 8.77. The van der Waals surface area contributed by atoms with Gasteiger partial charge < -0.3 is 20.1 Å². The first-order chi connectivity index (χ1) is 12.7. The molecule has 0 aliphatic carbocycles. The second-order valence-electron chi connectivity index (χ2n) is 6.08.